The molecule has 2 aromatic rings. The molecule has 0 spiro atoms. The highest BCUT2D eigenvalue weighted by Crippen LogP contribution is 2.16. The quantitative estimate of drug-likeness (QED) is 0.739. The van der Waals surface area contributed by atoms with Crippen molar-refractivity contribution in [2.24, 2.45) is 0 Å². The third kappa shape index (κ3) is 2.30. The molecular weight excluding hydrogens is 194 g/mol. The average molecular weight is 211 g/mol. The highest BCUT2D eigenvalue weighted by atomic mass is 14.7. The Hall–Kier alpha value is -1.63. The van der Waals surface area contributed by atoms with Gasteiger partial charge in [-0.3, -0.25) is 4.98 Å². The molecule has 0 aliphatic rings. The van der Waals surface area contributed by atoms with Crippen molar-refractivity contribution in [2.75, 3.05) is 0 Å². The van der Waals surface area contributed by atoms with Gasteiger partial charge in [-0.1, -0.05) is 24.3 Å². The zero-order valence-electron chi connectivity index (χ0n) is 10.1. The lowest BCUT2D eigenvalue weighted by molar-refractivity contribution is 1.04. The van der Waals surface area contributed by atoms with E-state index in [2.05, 4.69) is 56.1 Å². The van der Waals surface area contributed by atoms with Crippen molar-refractivity contribution in [1.29, 1.82) is 0 Å². The van der Waals surface area contributed by atoms with Crippen LogP contribution in [0.2, 0.25) is 0 Å². The first-order valence-electron chi connectivity index (χ1n) is 5.63. The summed E-state index contributed by atoms with van der Waals surface area (Å²) in [7, 11) is 0. The first kappa shape index (κ1) is 10.9. The second-order valence-electron chi connectivity index (χ2n) is 4.36. The summed E-state index contributed by atoms with van der Waals surface area (Å²) in [6.07, 6.45) is 2.86. The Morgan fingerprint density at radius 3 is 2.50 bits per heavy atom. The molecule has 2 rings (SSSR count). The number of nitrogens with zero attached hydrogens (tertiary/aromatic N) is 1. The van der Waals surface area contributed by atoms with Gasteiger partial charge in [0, 0.05) is 18.3 Å². The fourth-order valence-electron chi connectivity index (χ4n) is 1.80. The van der Waals surface area contributed by atoms with Crippen molar-refractivity contribution in [2.45, 2.75) is 27.2 Å². The highest BCUT2D eigenvalue weighted by molar-refractivity contribution is 5.35. The standard InChI is InChI=1S/C15H17N/c1-11-7-8-15(16-10-11)9-14-6-4-5-12(2)13(14)3/h4-8,10H,9H2,1-3H3. The topological polar surface area (TPSA) is 12.9 Å². The number of aromatic nitrogens is 1. The van der Waals surface area contributed by atoms with E-state index in [0.29, 0.717) is 0 Å². The van der Waals surface area contributed by atoms with Crippen LogP contribution < -0.4 is 0 Å². The van der Waals surface area contributed by atoms with Gasteiger partial charge >= 0.3 is 0 Å². The van der Waals surface area contributed by atoms with Gasteiger partial charge in [-0.15, -0.1) is 0 Å². The molecule has 0 bridgehead atoms. The fraction of sp³-hybridized carbons (Fsp3) is 0.267. The van der Waals surface area contributed by atoms with Gasteiger partial charge in [0.05, 0.1) is 0 Å². The molecule has 0 fully saturated rings. The van der Waals surface area contributed by atoms with Crippen LogP contribution in [0, 0.1) is 20.8 Å². The molecule has 1 heterocycles. The third-order valence-electron chi connectivity index (χ3n) is 3.06. The van der Waals surface area contributed by atoms with E-state index in [-0.39, 0.29) is 0 Å². The molecule has 1 nitrogen and oxygen atoms in total. The summed E-state index contributed by atoms with van der Waals surface area (Å²) in [5.41, 5.74) is 6.45. The molecule has 0 amide bonds. The maximum Gasteiger partial charge on any atom is 0.0447 e. The fourth-order valence-corrected chi connectivity index (χ4v) is 1.80. The summed E-state index contributed by atoms with van der Waals surface area (Å²) in [6.45, 7) is 6.40. The Labute approximate surface area is 97.2 Å². The van der Waals surface area contributed by atoms with Crippen LogP contribution in [-0.2, 0) is 6.42 Å². The molecule has 82 valence electrons. The smallest absolute Gasteiger partial charge is 0.0447 e. The number of hydrogen-bond acceptors (Lipinski definition) is 1. The van der Waals surface area contributed by atoms with Crippen LogP contribution in [0.4, 0.5) is 0 Å². The molecule has 1 aromatic heterocycles. The van der Waals surface area contributed by atoms with Crippen LogP contribution in [0.5, 0.6) is 0 Å². The predicted octanol–water partition coefficient (Wildman–Crippen LogP) is 3.60. The zero-order valence-corrected chi connectivity index (χ0v) is 10.1. The van der Waals surface area contributed by atoms with Crippen LogP contribution in [0.15, 0.2) is 36.5 Å². The molecule has 1 heteroatoms. The number of hydrogen-bond donors (Lipinski definition) is 0. The minimum Gasteiger partial charge on any atom is -0.261 e. The minimum atomic E-state index is 0.924. The Kier molecular flexibility index (Phi) is 3.04. The van der Waals surface area contributed by atoms with Crippen LogP contribution >= 0.6 is 0 Å². The Morgan fingerprint density at radius 1 is 1.00 bits per heavy atom. The van der Waals surface area contributed by atoms with Gasteiger partial charge in [0.25, 0.3) is 0 Å². The van der Waals surface area contributed by atoms with Crippen molar-refractivity contribution in [3.63, 3.8) is 0 Å². The second kappa shape index (κ2) is 4.48. The lowest BCUT2D eigenvalue weighted by atomic mass is 9.99. The van der Waals surface area contributed by atoms with Crippen molar-refractivity contribution < 1.29 is 0 Å². The largest absolute Gasteiger partial charge is 0.261 e. The molecule has 0 atom stereocenters. The summed E-state index contributed by atoms with van der Waals surface area (Å²) in [5, 5.41) is 0. The summed E-state index contributed by atoms with van der Waals surface area (Å²) >= 11 is 0. The van der Waals surface area contributed by atoms with E-state index in [1.54, 1.807) is 0 Å². The van der Waals surface area contributed by atoms with Gasteiger partial charge in [-0.2, -0.15) is 0 Å². The summed E-state index contributed by atoms with van der Waals surface area (Å²) in [4.78, 5) is 4.44. The van der Waals surface area contributed by atoms with Crippen molar-refractivity contribution in [3.8, 4) is 0 Å². The molecule has 0 saturated heterocycles. The third-order valence-corrected chi connectivity index (χ3v) is 3.06. The van der Waals surface area contributed by atoms with Gasteiger partial charge in [0.15, 0.2) is 0 Å². The van der Waals surface area contributed by atoms with E-state index in [0.717, 1.165) is 12.1 Å². The lowest BCUT2D eigenvalue weighted by Gasteiger charge is -2.08. The monoisotopic (exact) mass is 211 g/mol. The van der Waals surface area contributed by atoms with Gasteiger partial charge < -0.3 is 0 Å². The summed E-state index contributed by atoms with van der Waals surface area (Å²) in [5.74, 6) is 0. The molecule has 0 aliphatic heterocycles. The molecule has 0 unspecified atom stereocenters. The molecule has 16 heavy (non-hydrogen) atoms. The molecule has 0 aliphatic carbocycles. The molecule has 1 aromatic carbocycles. The maximum atomic E-state index is 4.44. The number of pyridine rings is 1. The van der Waals surface area contributed by atoms with Crippen LogP contribution in [0.3, 0.4) is 0 Å². The minimum absolute atomic E-state index is 0.924. The summed E-state index contributed by atoms with van der Waals surface area (Å²) in [6, 6.07) is 10.7. The van der Waals surface area contributed by atoms with E-state index < -0.39 is 0 Å². The van der Waals surface area contributed by atoms with E-state index in [4.69, 9.17) is 0 Å². The van der Waals surface area contributed by atoms with E-state index in [1.807, 2.05) is 6.20 Å². The maximum absolute atomic E-state index is 4.44. The predicted molar refractivity (Wildman–Crippen MR) is 67.7 cm³/mol. The Bertz CT molecular complexity index is 483. The Morgan fingerprint density at radius 2 is 1.81 bits per heavy atom. The average Bonchev–Trinajstić information content (AvgIpc) is 2.28. The van der Waals surface area contributed by atoms with Gasteiger partial charge in [0.1, 0.15) is 0 Å². The highest BCUT2D eigenvalue weighted by Gasteiger charge is 2.02. The molecular formula is C15H17N. The zero-order chi connectivity index (χ0) is 11.5. The molecule has 0 radical (unpaired) electrons. The lowest BCUT2D eigenvalue weighted by Crippen LogP contribution is -1.96. The normalized spacial score (nSPS) is 10.4. The number of rotatable bonds is 2. The Balaban J connectivity index is 2.27. The summed E-state index contributed by atoms with van der Waals surface area (Å²) < 4.78 is 0. The van der Waals surface area contributed by atoms with Gasteiger partial charge in [0.2, 0.25) is 0 Å². The van der Waals surface area contributed by atoms with Crippen LogP contribution in [-0.4, -0.2) is 4.98 Å². The van der Waals surface area contributed by atoms with Crippen molar-refractivity contribution in [1.82, 2.24) is 4.98 Å². The van der Waals surface area contributed by atoms with Crippen LogP contribution in [0.1, 0.15) is 27.9 Å². The molecule has 0 N–H and O–H groups in total. The van der Waals surface area contributed by atoms with E-state index in [1.165, 1.54) is 22.3 Å². The van der Waals surface area contributed by atoms with Crippen molar-refractivity contribution in [3.05, 3.63) is 64.5 Å². The van der Waals surface area contributed by atoms with Gasteiger partial charge in [-0.05, 0) is 49.1 Å². The van der Waals surface area contributed by atoms with E-state index in [9.17, 15) is 0 Å². The van der Waals surface area contributed by atoms with E-state index >= 15 is 0 Å². The van der Waals surface area contributed by atoms with Crippen LogP contribution in [0.25, 0.3) is 0 Å². The number of benzene rings is 1. The SMILES string of the molecule is Cc1ccc(Cc2cccc(C)c2C)nc1. The first-order valence-corrected chi connectivity index (χ1v) is 5.63. The number of aryl methyl sites for hydroxylation is 2. The second-order valence-corrected chi connectivity index (χ2v) is 4.36. The first-order chi connectivity index (χ1) is 7.66. The molecule has 0 saturated carbocycles. The van der Waals surface area contributed by atoms with Gasteiger partial charge in [-0.25, -0.2) is 0 Å². The van der Waals surface area contributed by atoms with Crippen molar-refractivity contribution >= 4 is 0 Å².